The molecule has 0 saturated carbocycles. The Balaban J connectivity index is 2.44. The second-order valence-electron chi connectivity index (χ2n) is 4.92. The molecule has 0 atom stereocenters. The summed E-state index contributed by atoms with van der Waals surface area (Å²) in [6.07, 6.45) is 2.16. The van der Waals surface area contributed by atoms with Crippen molar-refractivity contribution < 1.29 is 4.79 Å². The van der Waals surface area contributed by atoms with Crippen LogP contribution < -0.4 is 5.32 Å². The Morgan fingerprint density at radius 3 is 2.71 bits per heavy atom. The van der Waals surface area contributed by atoms with Crippen LogP contribution >= 0.6 is 11.6 Å². The number of hydrogen-bond donors (Lipinski definition) is 1. The van der Waals surface area contributed by atoms with E-state index in [1.165, 1.54) is 0 Å². The number of hydrogen-bond acceptors (Lipinski definition) is 1. The predicted molar refractivity (Wildman–Crippen MR) is 72.3 cm³/mol. The average Bonchev–Trinajstić information content (AvgIpc) is 2.26. The average molecular weight is 254 g/mol. The third-order valence-electron chi connectivity index (χ3n) is 2.89. The molecule has 0 aliphatic carbocycles. The lowest BCUT2D eigenvalue weighted by molar-refractivity contribution is -0.122. The molecule has 3 heteroatoms. The number of carbonyl (C=O) groups is 1. The van der Waals surface area contributed by atoms with Gasteiger partial charge in [-0.25, -0.2) is 0 Å². The van der Waals surface area contributed by atoms with Crippen LogP contribution in [0.5, 0.6) is 0 Å². The summed E-state index contributed by atoms with van der Waals surface area (Å²) < 4.78 is 0. The topological polar surface area (TPSA) is 29.1 Å². The summed E-state index contributed by atoms with van der Waals surface area (Å²) >= 11 is 5.89. The fraction of sp³-hybridized carbons (Fsp3) is 0.500. The van der Waals surface area contributed by atoms with Crippen LogP contribution in [0, 0.1) is 0 Å². The highest BCUT2D eigenvalue weighted by molar-refractivity contribution is 6.30. The summed E-state index contributed by atoms with van der Waals surface area (Å²) in [5, 5.41) is 3.74. The summed E-state index contributed by atoms with van der Waals surface area (Å²) in [6.45, 7) is 6.13. The Bertz CT molecular complexity index is 388. The van der Waals surface area contributed by atoms with Crippen LogP contribution in [-0.4, -0.2) is 11.4 Å². The number of carbonyl (C=O) groups excluding carboxylic acids is 1. The van der Waals surface area contributed by atoms with Crippen molar-refractivity contribution in [2.75, 3.05) is 0 Å². The molecule has 0 aromatic heterocycles. The van der Waals surface area contributed by atoms with Crippen LogP contribution in [0.1, 0.15) is 39.2 Å². The number of halogens is 1. The lowest BCUT2D eigenvalue weighted by atomic mass is 10.0. The largest absolute Gasteiger partial charge is 0.351 e. The van der Waals surface area contributed by atoms with Crippen LogP contribution in [-0.2, 0) is 11.2 Å². The van der Waals surface area contributed by atoms with Gasteiger partial charge in [-0.1, -0.05) is 30.7 Å². The van der Waals surface area contributed by atoms with Gasteiger partial charge in [0, 0.05) is 17.0 Å². The zero-order valence-corrected chi connectivity index (χ0v) is 11.5. The molecule has 1 amide bonds. The first-order valence-corrected chi connectivity index (χ1v) is 6.36. The highest BCUT2D eigenvalue weighted by atomic mass is 35.5. The van der Waals surface area contributed by atoms with Crippen LogP contribution in [0.25, 0.3) is 0 Å². The van der Waals surface area contributed by atoms with Crippen molar-refractivity contribution in [1.29, 1.82) is 0 Å². The van der Waals surface area contributed by atoms with Crippen LogP contribution in [0.3, 0.4) is 0 Å². The molecule has 1 aromatic carbocycles. The minimum Gasteiger partial charge on any atom is -0.351 e. The van der Waals surface area contributed by atoms with Crippen molar-refractivity contribution in [1.82, 2.24) is 5.32 Å². The molecule has 1 aromatic rings. The molecular formula is C14H20ClNO. The lowest BCUT2D eigenvalue weighted by Crippen LogP contribution is -2.42. The molecule has 1 N–H and O–H groups in total. The van der Waals surface area contributed by atoms with E-state index in [0.29, 0.717) is 6.42 Å². The van der Waals surface area contributed by atoms with Gasteiger partial charge in [0.2, 0.25) is 5.91 Å². The second-order valence-corrected chi connectivity index (χ2v) is 5.35. The first kappa shape index (κ1) is 14.0. The smallest absolute Gasteiger partial charge is 0.220 e. The first-order valence-electron chi connectivity index (χ1n) is 5.98. The summed E-state index contributed by atoms with van der Waals surface area (Å²) in [6, 6.07) is 7.64. The van der Waals surface area contributed by atoms with Gasteiger partial charge in [-0.2, -0.15) is 0 Å². The molecule has 0 aliphatic rings. The molecular weight excluding hydrogens is 234 g/mol. The van der Waals surface area contributed by atoms with Gasteiger partial charge in [0.15, 0.2) is 0 Å². The molecule has 94 valence electrons. The van der Waals surface area contributed by atoms with Crippen LogP contribution in [0.4, 0.5) is 0 Å². The molecule has 0 spiro atoms. The van der Waals surface area contributed by atoms with Gasteiger partial charge in [-0.05, 0) is 44.4 Å². The molecule has 0 radical (unpaired) electrons. The minimum atomic E-state index is -0.120. The first-order chi connectivity index (χ1) is 7.93. The number of aryl methyl sites for hydroxylation is 1. The number of benzene rings is 1. The van der Waals surface area contributed by atoms with E-state index in [-0.39, 0.29) is 11.4 Å². The second kappa shape index (κ2) is 6.06. The standard InChI is InChI=1S/C14H20ClNO/c1-4-14(2,3)16-13(17)9-8-11-6-5-7-12(15)10-11/h5-7,10H,4,8-9H2,1-3H3,(H,16,17). The van der Waals surface area contributed by atoms with Crippen molar-refractivity contribution in [3.8, 4) is 0 Å². The third kappa shape index (κ3) is 5.22. The monoisotopic (exact) mass is 253 g/mol. The zero-order valence-electron chi connectivity index (χ0n) is 10.7. The van der Waals surface area contributed by atoms with Crippen molar-refractivity contribution in [3.63, 3.8) is 0 Å². The van der Waals surface area contributed by atoms with Gasteiger partial charge in [0.25, 0.3) is 0 Å². The molecule has 0 saturated heterocycles. The molecule has 0 fully saturated rings. The van der Waals surface area contributed by atoms with Crippen molar-refractivity contribution in [3.05, 3.63) is 34.9 Å². The fourth-order valence-corrected chi connectivity index (χ4v) is 1.69. The maximum Gasteiger partial charge on any atom is 0.220 e. The lowest BCUT2D eigenvalue weighted by Gasteiger charge is -2.24. The van der Waals surface area contributed by atoms with Gasteiger partial charge in [-0.15, -0.1) is 0 Å². The SMILES string of the molecule is CCC(C)(C)NC(=O)CCc1cccc(Cl)c1. The summed E-state index contributed by atoms with van der Waals surface area (Å²) in [5.41, 5.74) is 0.979. The van der Waals surface area contributed by atoms with Crippen LogP contribution in [0.2, 0.25) is 5.02 Å². The molecule has 17 heavy (non-hydrogen) atoms. The number of rotatable bonds is 5. The minimum absolute atomic E-state index is 0.0943. The van der Waals surface area contributed by atoms with Crippen molar-refractivity contribution in [2.45, 2.75) is 45.6 Å². The van der Waals surface area contributed by atoms with Crippen molar-refractivity contribution in [2.24, 2.45) is 0 Å². The summed E-state index contributed by atoms with van der Waals surface area (Å²) in [4.78, 5) is 11.7. The van der Waals surface area contributed by atoms with E-state index in [2.05, 4.69) is 12.2 Å². The zero-order chi connectivity index (χ0) is 12.9. The Labute approximate surface area is 108 Å². The highest BCUT2D eigenvalue weighted by Crippen LogP contribution is 2.13. The fourth-order valence-electron chi connectivity index (χ4n) is 1.48. The molecule has 0 unspecified atom stereocenters. The molecule has 0 bridgehead atoms. The Morgan fingerprint density at radius 1 is 1.41 bits per heavy atom. The van der Waals surface area contributed by atoms with E-state index in [1.54, 1.807) is 0 Å². The molecule has 2 nitrogen and oxygen atoms in total. The maximum atomic E-state index is 11.7. The summed E-state index contributed by atoms with van der Waals surface area (Å²) in [7, 11) is 0. The van der Waals surface area contributed by atoms with E-state index >= 15 is 0 Å². The normalized spacial score (nSPS) is 11.3. The quantitative estimate of drug-likeness (QED) is 0.854. The van der Waals surface area contributed by atoms with Crippen LogP contribution in [0.15, 0.2) is 24.3 Å². The van der Waals surface area contributed by atoms with E-state index in [9.17, 15) is 4.79 Å². The van der Waals surface area contributed by atoms with E-state index in [4.69, 9.17) is 11.6 Å². The number of nitrogens with one attached hydrogen (secondary N) is 1. The maximum absolute atomic E-state index is 11.7. The van der Waals surface area contributed by atoms with Gasteiger partial charge in [0.1, 0.15) is 0 Å². The molecule has 0 heterocycles. The highest BCUT2D eigenvalue weighted by Gasteiger charge is 2.17. The van der Waals surface area contributed by atoms with E-state index in [1.807, 2.05) is 38.1 Å². The van der Waals surface area contributed by atoms with Gasteiger partial charge < -0.3 is 5.32 Å². The van der Waals surface area contributed by atoms with E-state index in [0.717, 1.165) is 23.4 Å². The summed E-state index contributed by atoms with van der Waals surface area (Å²) in [5.74, 6) is 0.0943. The Morgan fingerprint density at radius 2 is 2.12 bits per heavy atom. The molecule has 1 rings (SSSR count). The Hall–Kier alpha value is -1.02. The Kier molecular flexibility index (Phi) is 5.01. The predicted octanol–water partition coefficient (Wildman–Crippen LogP) is 3.58. The van der Waals surface area contributed by atoms with E-state index < -0.39 is 0 Å². The molecule has 0 aliphatic heterocycles. The van der Waals surface area contributed by atoms with Gasteiger partial charge in [0.05, 0.1) is 0 Å². The van der Waals surface area contributed by atoms with Gasteiger partial charge in [-0.3, -0.25) is 4.79 Å². The third-order valence-corrected chi connectivity index (χ3v) is 3.13. The van der Waals surface area contributed by atoms with Gasteiger partial charge >= 0.3 is 0 Å². The number of amides is 1. The van der Waals surface area contributed by atoms with Crippen molar-refractivity contribution >= 4 is 17.5 Å².